The number of aliphatic hydroxyl groups excluding tert-OH is 1. The second-order valence-corrected chi connectivity index (χ2v) is 12.0. The predicted octanol–water partition coefficient (Wildman–Crippen LogP) is 6.21. The Labute approximate surface area is 286 Å². The number of nitrogens with zero attached hydrogens (tertiary/aromatic N) is 2. The van der Waals surface area contributed by atoms with Crippen LogP contribution in [0.5, 0.6) is 0 Å². The molecule has 9 nitrogen and oxygen atoms in total. The Hall–Kier alpha value is -5.80. The van der Waals surface area contributed by atoms with Crippen LogP contribution in [-0.4, -0.2) is 51.3 Å². The van der Waals surface area contributed by atoms with E-state index in [1.54, 1.807) is 60.8 Å². The van der Waals surface area contributed by atoms with Crippen molar-refractivity contribution < 1.29 is 24.6 Å². The van der Waals surface area contributed by atoms with Gasteiger partial charge in [-0.2, -0.15) is 0 Å². The number of aromatic nitrogens is 1. The van der Waals surface area contributed by atoms with Gasteiger partial charge in [0.05, 0.1) is 35.6 Å². The minimum absolute atomic E-state index is 0.0472. The van der Waals surface area contributed by atoms with Gasteiger partial charge in [-0.15, -0.1) is 0 Å². The van der Waals surface area contributed by atoms with Crippen LogP contribution in [0.25, 0.3) is 0 Å². The van der Waals surface area contributed by atoms with Crippen LogP contribution in [0, 0.1) is 6.92 Å². The molecule has 250 valence electrons. The number of hydrogen-bond donors (Lipinski definition) is 4. The molecule has 0 saturated heterocycles. The Morgan fingerprint density at radius 1 is 0.694 bits per heavy atom. The Balaban J connectivity index is 1.41. The predicted molar refractivity (Wildman–Crippen MR) is 189 cm³/mol. The van der Waals surface area contributed by atoms with Crippen molar-refractivity contribution in [2.75, 3.05) is 4.90 Å². The van der Waals surface area contributed by atoms with E-state index in [9.17, 15) is 24.6 Å². The molecule has 0 saturated carbocycles. The molecular weight excluding hydrogens is 616 g/mol. The molecule has 0 aliphatic heterocycles. The summed E-state index contributed by atoms with van der Waals surface area (Å²) < 4.78 is 0. The van der Waals surface area contributed by atoms with Gasteiger partial charge in [0.25, 0.3) is 11.8 Å². The third kappa shape index (κ3) is 9.62. The molecule has 0 bridgehead atoms. The second kappa shape index (κ2) is 16.9. The summed E-state index contributed by atoms with van der Waals surface area (Å²) in [6.07, 6.45) is 0.196. The summed E-state index contributed by atoms with van der Waals surface area (Å²) in [5.74, 6) is -0.781. The summed E-state index contributed by atoms with van der Waals surface area (Å²) in [5, 5.41) is 28.1. The number of pyridine rings is 1. The van der Waals surface area contributed by atoms with Crippen LogP contribution in [-0.2, 0) is 19.4 Å². The summed E-state index contributed by atoms with van der Waals surface area (Å²) in [7, 11) is 0. The summed E-state index contributed by atoms with van der Waals surface area (Å²) in [6.45, 7) is 1.82. The highest BCUT2D eigenvalue weighted by molar-refractivity contribution is 6.03. The lowest BCUT2D eigenvalue weighted by Crippen LogP contribution is -2.49. The maximum absolute atomic E-state index is 14.0. The Kier molecular flexibility index (Phi) is 11.9. The van der Waals surface area contributed by atoms with Gasteiger partial charge in [-0.05, 0) is 73.2 Å². The van der Waals surface area contributed by atoms with Gasteiger partial charge >= 0.3 is 6.09 Å². The molecule has 3 atom stereocenters. The molecule has 9 heteroatoms. The third-order valence-electron chi connectivity index (χ3n) is 8.37. The summed E-state index contributed by atoms with van der Waals surface area (Å²) in [5.41, 5.74) is 4.13. The van der Waals surface area contributed by atoms with Crippen molar-refractivity contribution in [1.82, 2.24) is 15.6 Å². The fourth-order valence-corrected chi connectivity index (χ4v) is 5.85. The van der Waals surface area contributed by atoms with Crippen LogP contribution < -0.4 is 15.5 Å². The number of carbonyl (C=O) groups is 3. The smallest absolute Gasteiger partial charge is 0.412 e. The average molecular weight is 657 g/mol. The zero-order valence-corrected chi connectivity index (χ0v) is 27.3. The molecule has 0 aliphatic rings. The number of anilines is 1. The number of carbonyl (C=O) groups excluding carboxylic acids is 2. The van der Waals surface area contributed by atoms with Crippen molar-refractivity contribution in [3.05, 3.63) is 167 Å². The van der Waals surface area contributed by atoms with Gasteiger partial charge in [0.2, 0.25) is 0 Å². The van der Waals surface area contributed by atoms with Gasteiger partial charge in [-0.25, -0.2) is 4.79 Å². The van der Waals surface area contributed by atoms with Crippen molar-refractivity contribution in [3.63, 3.8) is 0 Å². The minimum atomic E-state index is -1.23. The summed E-state index contributed by atoms with van der Waals surface area (Å²) in [4.78, 5) is 45.2. The fourth-order valence-electron chi connectivity index (χ4n) is 5.85. The first-order chi connectivity index (χ1) is 23.8. The molecule has 49 heavy (non-hydrogen) atoms. The average Bonchev–Trinajstić information content (AvgIpc) is 3.11. The normalized spacial score (nSPS) is 12.7. The number of aliphatic hydroxyl groups is 1. The van der Waals surface area contributed by atoms with E-state index >= 15 is 0 Å². The number of carboxylic acid groups (broad SMARTS) is 1. The monoisotopic (exact) mass is 656 g/mol. The van der Waals surface area contributed by atoms with Crippen molar-refractivity contribution in [2.24, 2.45) is 0 Å². The number of rotatable bonds is 14. The maximum Gasteiger partial charge on any atom is 0.412 e. The lowest BCUT2D eigenvalue weighted by molar-refractivity contribution is 0.0755. The first-order valence-corrected chi connectivity index (χ1v) is 16.2. The van der Waals surface area contributed by atoms with Crippen LogP contribution in [0.1, 0.15) is 49.5 Å². The molecule has 5 aromatic rings. The van der Waals surface area contributed by atoms with Crippen molar-refractivity contribution >= 4 is 23.6 Å². The van der Waals surface area contributed by atoms with Crippen LogP contribution in [0.15, 0.2) is 134 Å². The molecule has 0 aliphatic carbocycles. The van der Waals surface area contributed by atoms with E-state index in [4.69, 9.17) is 0 Å². The highest BCUT2D eigenvalue weighted by Gasteiger charge is 2.29. The molecule has 1 heterocycles. The van der Waals surface area contributed by atoms with Gasteiger partial charge in [-0.1, -0.05) is 97.1 Å². The molecule has 5 rings (SSSR count). The quantitative estimate of drug-likeness (QED) is 0.112. The van der Waals surface area contributed by atoms with Crippen molar-refractivity contribution in [2.45, 2.75) is 50.9 Å². The molecule has 0 spiro atoms. The number of hydrogen-bond acceptors (Lipinski definition) is 5. The molecule has 1 aromatic heterocycles. The van der Waals surface area contributed by atoms with E-state index in [0.29, 0.717) is 24.1 Å². The minimum Gasteiger partial charge on any atom is -0.465 e. The first kappa shape index (κ1) is 34.5. The molecule has 0 fully saturated rings. The standard InChI is InChI=1S/C40H40N4O5/c1-28-14-8-9-20-33(28)38(46)43-35(25-30-17-6-3-7-18-30)37(45)26-32(24-29-15-4-2-5-16-29)42-39(47)34-21-10-11-22-36(34)44(40(48)49)27-31-19-12-13-23-41-31/h2-23,32,35,37,45H,24-27H2,1H3,(H,42,47)(H,43,46)(H,48,49)/t32-,35-,37-/m0/s1. The van der Waals surface area contributed by atoms with E-state index in [-0.39, 0.29) is 30.1 Å². The summed E-state index contributed by atoms with van der Waals surface area (Å²) in [6, 6.07) is 37.0. The number of amides is 3. The lowest BCUT2D eigenvalue weighted by Gasteiger charge is -2.29. The number of para-hydroxylation sites is 1. The van der Waals surface area contributed by atoms with E-state index < -0.39 is 30.2 Å². The molecule has 3 amide bonds. The van der Waals surface area contributed by atoms with Crippen LogP contribution in [0.4, 0.5) is 10.5 Å². The zero-order valence-electron chi connectivity index (χ0n) is 27.3. The molecule has 4 N–H and O–H groups in total. The van der Waals surface area contributed by atoms with Gasteiger partial charge in [-0.3, -0.25) is 19.5 Å². The third-order valence-corrected chi connectivity index (χ3v) is 8.37. The first-order valence-electron chi connectivity index (χ1n) is 16.2. The topological polar surface area (TPSA) is 132 Å². The van der Waals surface area contributed by atoms with E-state index in [1.807, 2.05) is 79.7 Å². The number of aryl methyl sites for hydroxylation is 1. The largest absolute Gasteiger partial charge is 0.465 e. The Bertz CT molecular complexity index is 1840. The van der Waals surface area contributed by atoms with Gasteiger partial charge in [0, 0.05) is 17.8 Å². The highest BCUT2D eigenvalue weighted by atomic mass is 16.4. The van der Waals surface area contributed by atoms with Crippen LogP contribution >= 0.6 is 0 Å². The number of nitrogens with one attached hydrogen (secondary N) is 2. The highest BCUT2D eigenvalue weighted by Crippen LogP contribution is 2.24. The van der Waals surface area contributed by atoms with Gasteiger partial charge in [0.1, 0.15) is 0 Å². The molecular formula is C40H40N4O5. The Morgan fingerprint density at radius 3 is 1.90 bits per heavy atom. The number of benzene rings is 4. The zero-order chi connectivity index (χ0) is 34.6. The van der Waals surface area contributed by atoms with Gasteiger partial charge in [0.15, 0.2) is 0 Å². The molecule has 0 radical (unpaired) electrons. The lowest BCUT2D eigenvalue weighted by atomic mass is 9.93. The molecule has 0 unspecified atom stereocenters. The van der Waals surface area contributed by atoms with E-state index in [1.165, 1.54) is 0 Å². The van der Waals surface area contributed by atoms with Crippen LogP contribution in [0.2, 0.25) is 0 Å². The van der Waals surface area contributed by atoms with Crippen molar-refractivity contribution in [3.8, 4) is 0 Å². The van der Waals surface area contributed by atoms with Crippen molar-refractivity contribution in [1.29, 1.82) is 0 Å². The SMILES string of the molecule is Cc1ccccc1C(=O)N[C@@H](Cc1ccccc1)[C@@H](O)C[C@H](Cc1ccccc1)NC(=O)c1ccccc1N(Cc1ccccn1)C(=O)O. The van der Waals surface area contributed by atoms with E-state index in [2.05, 4.69) is 15.6 Å². The van der Waals surface area contributed by atoms with Crippen LogP contribution in [0.3, 0.4) is 0 Å². The fraction of sp³-hybridized carbons (Fsp3) is 0.200. The Morgan fingerprint density at radius 2 is 1.27 bits per heavy atom. The molecule has 4 aromatic carbocycles. The second-order valence-electron chi connectivity index (χ2n) is 12.0. The van der Waals surface area contributed by atoms with E-state index in [0.717, 1.165) is 21.6 Å². The maximum atomic E-state index is 14.0. The van der Waals surface area contributed by atoms with Gasteiger partial charge < -0.3 is 20.8 Å². The summed E-state index contributed by atoms with van der Waals surface area (Å²) >= 11 is 0.